The van der Waals surface area contributed by atoms with Gasteiger partial charge in [-0.1, -0.05) is 0 Å². The largest absolute Gasteiger partial charge is 0.481 e. The van der Waals surface area contributed by atoms with Crippen molar-refractivity contribution in [2.45, 2.75) is 6.42 Å². The predicted molar refractivity (Wildman–Crippen MR) is 63.4 cm³/mol. The predicted octanol–water partition coefficient (Wildman–Crippen LogP) is 0.812. The summed E-state index contributed by atoms with van der Waals surface area (Å²) in [4.78, 5) is 26.2. The van der Waals surface area contributed by atoms with Gasteiger partial charge in [0.1, 0.15) is 0 Å². The first-order valence-corrected chi connectivity index (χ1v) is 5.77. The maximum atomic E-state index is 11.7. The molecule has 7 nitrogen and oxygen atoms in total. The van der Waals surface area contributed by atoms with E-state index in [2.05, 4.69) is 20.5 Å². The van der Waals surface area contributed by atoms with Crippen molar-refractivity contribution in [1.29, 1.82) is 0 Å². The fraction of sp³-hybridized carbons (Fsp3) is 0.100. The van der Waals surface area contributed by atoms with Crippen LogP contribution >= 0.6 is 11.3 Å². The summed E-state index contributed by atoms with van der Waals surface area (Å²) in [7, 11) is 0. The fourth-order valence-electron chi connectivity index (χ4n) is 1.19. The van der Waals surface area contributed by atoms with Gasteiger partial charge in [0, 0.05) is 5.38 Å². The van der Waals surface area contributed by atoms with Gasteiger partial charge < -0.3 is 5.11 Å². The van der Waals surface area contributed by atoms with Crippen molar-refractivity contribution in [2.24, 2.45) is 0 Å². The summed E-state index contributed by atoms with van der Waals surface area (Å²) in [6.45, 7) is 0. The van der Waals surface area contributed by atoms with Gasteiger partial charge in [0.15, 0.2) is 5.13 Å². The van der Waals surface area contributed by atoms with Gasteiger partial charge in [-0.2, -0.15) is 10.2 Å². The Morgan fingerprint density at radius 3 is 2.89 bits per heavy atom. The number of amides is 1. The zero-order chi connectivity index (χ0) is 13.0. The Morgan fingerprint density at radius 2 is 2.22 bits per heavy atom. The number of hydrogen-bond donors (Lipinski definition) is 2. The number of nitrogens with zero attached hydrogens (tertiary/aromatic N) is 3. The van der Waals surface area contributed by atoms with E-state index in [1.807, 2.05) is 0 Å². The van der Waals surface area contributed by atoms with Gasteiger partial charge >= 0.3 is 5.97 Å². The lowest BCUT2D eigenvalue weighted by Gasteiger charge is -1.99. The molecule has 0 aliphatic rings. The van der Waals surface area contributed by atoms with Crippen molar-refractivity contribution < 1.29 is 14.7 Å². The number of aromatic nitrogens is 3. The zero-order valence-electron chi connectivity index (χ0n) is 9.03. The lowest BCUT2D eigenvalue weighted by atomic mass is 10.3. The Bertz CT molecular complexity index is 570. The highest BCUT2D eigenvalue weighted by Crippen LogP contribution is 2.16. The van der Waals surface area contributed by atoms with E-state index < -0.39 is 5.97 Å². The van der Waals surface area contributed by atoms with Crippen LogP contribution in [-0.4, -0.2) is 32.2 Å². The summed E-state index contributed by atoms with van der Waals surface area (Å²) in [5.41, 5.74) is 0.774. The van der Waals surface area contributed by atoms with E-state index in [-0.39, 0.29) is 12.3 Å². The van der Waals surface area contributed by atoms with E-state index in [1.54, 1.807) is 5.38 Å². The van der Waals surface area contributed by atoms with Crippen LogP contribution in [0.4, 0.5) is 5.13 Å². The second kappa shape index (κ2) is 5.32. The molecule has 0 bridgehead atoms. The molecule has 0 fully saturated rings. The van der Waals surface area contributed by atoms with Crippen LogP contribution in [0.15, 0.2) is 23.8 Å². The van der Waals surface area contributed by atoms with Crippen LogP contribution in [0.25, 0.3) is 0 Å². The molecule has 2 N–H and O–H groups in total. The first kappa shape index (κ1) is 12.1. The normalized spacial score (nSPS) is 10.0. The SMILES string of the molecule is O=C(O)Cc1csc(NC(=O)c2ccnnc2)n1. The van der Waals surface area contributed by atoms with E-state index >= 15 is 0 Å². The summed E-state index contributed by atoms with van der Waals surface area (Å²) >= 11 is 1.17. The van der Waals surface area contributed by atoms with E-state index in [0.29, 0.717) is 16.4 Å². The van der Waals surface area contributed by atoms with Crippen LogP contribution in [0.3, 0.4) is 0 Å². The third kappa shape index (κ3) is 3.08. The highest BCUT2D eigenvalue weighted by Gasteiger charge is 2.10. The van der Waals surface area contributed by atoms with Crippen molar-refractivity contribution in [3.63, 3.8) is 0 Å². The number of nitrogens with one attached hydrogen (secondary N) is 1. The molecule has 0 saturated carbocycles. The Hall–Kier alpha value is -2.35. The van der Waals surface area contributed by atoms with E-state index in [9.17, 15) is 9.59 Å². The minimum atomic E-state index is -0.962. The average molecular weight is 264 g/mol. The molecule has 2 aromatic rings. The van der Waals surface area contributed by atoms with Gasteiger partial charge in [-0.05, 0) is 6.07 Å². The van der Waals surface area contributed by atoms with E-state index in [4.69, 9.17) is 5.11 Å². The summed E-state index contributed by atoms with van der Waals surface area (Å²) in [6.07, 6.45) is 2.58. The Morgan fingerprint density at radius 1 is 1.39 bits per heavy atom. The first-order chi connectivity index (χ1) is 8.65. The summed E-state index contributed by atoms with van der Waals surface area (Å²) < 4.78 is 0. The quantitative estimate of drug-likeness (QED) is 0.846. The molecule has 0 aromatic carbocycles. The molecule has 1 amide bonds. The summed E-state index contributed by atoms with van der Waals surface area (Å²) in [5.74, 6) is -1.32. The minimum Gasteiger partial charge on any atom is -0.481 e. The molecule has 18 heavy (non-hydrogen) atoms. The summed E-state index contributed by atoms with van der Waals surface area (Å²) in [6, 6.07) is 1.52. The van der Waals surface area contributed by atoms with Crippen LogP contribution in [0, 0.1) is 0 Å². The lowest BCUT2D eigenvalue weighted by Crippen LogP contribution is -2.12. The fourth-order valence-corrected chi connectivity index (χ4v) is 1.90. The molecule has 0 unspecified atom stereocenters. The van der Waals surface area contributed by atoms with Gasteiger partial charge in [-0.3, -0.25) is 14.9 Å². The van der Waals surface area contributed by atoms with Crippen molar-refractivity contribution in [3.8, 4) is 0 Å². The number of aliphatic carboxylic acids is 1. The molecule has 8 heteroatoms. The highest BCUT2D eigenvalue weighted by molar-refractivity contribution is 7.14. The van der Waals surface area contributed by atoms with Crippen LogP contribution < -0.4 is 5.32 Å². The van der Waals surface area contributed by atoms with Crippen molar-refractivity contribution in [2.75, 3.05) is 5.32 Å². The number of carboxylic acid groups (broad SMARTS) is 1. The highest BCUT2D eigenvalue weighted by atomic mass is 32.1. The first-order valence-electron chi connectivity index (χ1n) is 4.89. The second-order valence-electron chi connectivity index (χ2n) is 3.30. The van der Waals surface area contributed by atoms with Crippen molar-refractivity contribution in [1.82, 2.24) is 15.2 Å². The molecular weight excluding hydrogens is 256 g/mol. The van der Waals surface area contributed by atoms with Crippen molar-refractivity contribution in [3.05, 3.63) is 35.1 Å². The van der Waals surface area contributed by atoms with Crippen LogP contribution in [-0.2, 0) is 11.2 Å². The van der Waals surface area contributed by atoms with Gasteiger partial charge in [0.2, 0.25) is 0 Å². The Labute approximate surface area is 106 Å². The third-order valence-electron chi connectivity index (χ3n) is 1.95. The molecule has 0 atom stereocenters. The monoisotopic (exact) mass is 264 g/mol. The molecule has 0 saturated heterocycles. The number of carbonyl (C=O) groups is 2. The molecule has 92 valence electrons. The average Bonchev–Trinajstić information content (AvgIpc) is 2.76. The van der Waals surface area contributed by atoms with Gasteiger partial charge in [0.05, 0.1) is 30.1 Å². The minimum absolute atomic E-state index is 0.164. The summed E-state index contributed by atoms with van der Waals surface area (Å²) in [5, 5.41) is 20.3. The van der Waals surface area contributed by atoms with Crippen LogP contribution in [0.2, 0.25) is 0 Å². The number of rotatable bonds is 4. The molecule has 2 aromatic heterocycles. The number of anilines is 1. The molecular formula is C10H8N4O3S. The number of thiazole rings is 1. The second-order valence-corrected chi connectivity index (χ2v) is 4.16. The number of carbonyl (C=O) groups excluding carboxylic acids is 1. The Kier molecular flexibility index (Phi) is 3.58. The van der Waals surface area contributed by atoms with E-state index in [1.165, 1.54) is 29.8 Å². The lowest BCUT2D eigenvalue weighted by molar-refractivity contribution is -0.136. The van der Waals surface area contributed by atoms with Crippen LogP contribution in [0.1, 0.15) is 16.1 Å². The molecule has 2 rings (SSSR count). The molecule has 0 spiro atoms. The third-order valence-corrected chi connectivity index (χ3v) is 2.76. The molecule has 2 heterocycles. The molecule has 0 aliphatic carbocycles. The van der Waals surface area contributed by atoms with Gasteiger partial charge in [0.25, 0.3) is 5.91 Å². The number of hydrogen-bond acceptors (Lipinski definition) is 6. The standard InChI is InChI=1S/C10H8N4O3S/c15-8(16)3-7-5-18-10(13-7)14-9(17)6-1-2-11-12-4-6/h1-2,4-5H,3H2,(H,15,16)(H,13,14,17). The smallest absolute Gasteiger partial charge is 0.309 e. The van der Waals surface area contributed by atoms with Gasteiger partial charge in [-0.25, -0.2) is 4.98 Å². The maximum Gasteiger partial charge on any atom is 0.309 e. The van der Waals surface area contributed by atoms with Crippen LogP contribution in [0.5, 0.6) is 0 Å². The topological polar surface area (TPSA) is 105 Å². The van der Waals surface area contributed by atoms with E-state index in [0.717, 1.165) is 0 Å². The van der Waals surface area contributed by atoms with Gasteiger partial charge in [-0.15, -0.1) is 11.3 Å². The molecule has 0 radical (unpaired) electrons. The number of carboxylic acids is 1. The van der Waals surface area contributed by atoms with Crippen molar-refractivity contribution >= 4 is 28.3 Å². The molecule has 0 aliphatic heterocycles. The Balaban J connectivity index is 2.04. The zero-order valence-corrected chi connectivity index (χ0v) is 9.85. The maximum absolute atomic E-state index is 11.7.